The summed E-state index contributed by atoms with van der Waals surface area (Å²) in [6, 6.07) is -0.617. The molecule has 0 saturated carbocycles. The number of likely N-dealkylation sites (N-methyl/N-ethyl adjacent to an activating group) is 1. The summed E-state index contributed by atoms with van der Waals surface area (Å²) in [5.41, 5.74) is 0. The number of carbonyl (C=O) groups is 3. The second kappa shape index (κ2) is 49.5. The summed E-state index contributed by atoms with van der Waals surface area (Å²) in [5.74, 6) is -1.46. The number of carboxylic acids is 1. The molecular formula is C59H106NO7+. The molecule has 2 atom stereocenters. The van der Waals surface area contributed by atoms with Crippen LogP contribution in [0.1, 0.15) is 245 Å². The number of rotatable bonds is 50. The van der Waals surface area contributed by atoms with Crippen LogP contribution in [0.2, 0.25) is 0 Å². The molecule has 8 heteroatoms. The van der Waals surface area contributed by atoms with Crippen LogP contribution in [0.3, 0.4) is 0 Å². The van der Waals surface area contributed by atoms with Gasteiger partial charge in [-0.1, -0.05) is 216 Å². The van der Waals surface area contributed by atoms with Crippen molar-refractivity contribution in [3.05, 3.63) is 60.8 Å². The average Bonchev–Trinajstić information content (AvgIpc) is 3.29. The van der Waals surface area contributed by atoms with Crippen molar-refractivity contribution in [1.29, 1.82) is 0 Å². The maximum Gasteiger partial charge on any atom is 0.362 e. The number of hydrogen-bond acceptors (Lipinski definition) is 6. The van der Waals surface area contributed by atoms with E-state index in [2.05, 4.69) is 74.6 Å². The summed E-state index contributed by atoms with van der Waals surface area (Å²) < 4.78 is 17.4. The molecule has 0 aliphatic heterocycles. The second-order valence-electron chi connectivity index (χ2n) is 19.8. The van der Waals surface area contributed by atoms with Gasteiger partial charge in [0.2, 0.25) is 0 Å². The van der Waals surface area contributed by atoms with Gasteiger partial charge in [0.05, 0.1) is 34.4 Å². The van der Waals surface area contributed by atoms with Crippen LogP contribution in [-0.2, 0) is 28.6 Å². The number of ether oxygens (including phenoxy) is 3. The maximum atomic E-state index is 12.8. The highest BCUT2D eigenvalue weighted by atomic mass is 16.6. The van der Waals surface area contributed by atoms with E-state index < -0.39 is 18.1 Å². The molecule has 388 valence electrons. The summed E-state index contributed by atoms with van der Waals surface area (Å²) in [7, 11) is 5.54. The lowest BCUT2D eigenvalue weighted by atomic mass is 10.0. The zero-order valence-corrected chi connectivity index (χ0v) is 44.3. The third kappa shape index (κ3) is 47.9. The minimum atomic E-state index is -0.874. The van der Waals surface area contributed by atoms with E-state index in [1.807, 2.05) is 21.1 Å². The highest BCUT2D eigenvalue weighted by Crippen LogP contribution is 2.16. The van der Waals surface area contributed by atoms with Gasteiger partial charge >= 0.3 is 17.9 Å². The number of hydrogen-bond donors (Lipinski definition) is 1. The van der Waals surface area contributed by atoms with Crippen molar-refractivity contribution < 1.29 is 38.2 Å². The predicted molar refractivity (Wildman–Crippen MR) is 284 cm³/mol. The number of unbranched alkanes of at least 4 members (excludes halogenated alkanes) is 27. The van der Waals surface area contributed by atoms with Crippen LogP contribution in [0.4, 0.5) is 0 Å². The molecule has 0 aromatic heterocycles. The van der Waals surface area contributed by atoms with Gasteiger partial charge in [-0.3, -0.25) is 9.59 Å². The molecule has 0 rings (SSSR count). The van der Waals surface area contributed by atoms with Crippen LogP contribution >= 0.6 is 0 Å². The monoisotopic (exact) mass is 941 g/mol. The number of allylic oxidation sites excluding steroid dienone is 10. The molecule has 1 N–H and O–H groups in total. The van der Waals surface area contributed by atoms with Crippen LogP contribution in [0.15, 0.2) is 60.8 Å². The lowest BCUT2D eigenvalue weighted by Crippen LogP contribution is -2.50. The average molecular weight is 941 g/mol. The Hall–Kier alpha value is -2.97. The first-order chi connectivity index (χ1) is 32.6. The van der Waals surface area contributed by atoms with Gasteiger partial charge in [0.15, 0.2) is 12.1 Å². The van der Waals surface area contributed by atoms with Crippen LogP contribution < -0.4 is 0 Å². The summed E-state index contributed by atoms with van der Waals surface area (Å²) in [4.78, 5) is 37.3. The Bertz CT molecular complexity index is 1280. The number of esters is 2. The van der Waals surface area contributed by atoms with Gasteiger partial charge in [-0.2, -0.15) is 0 Å². The SMILES string of the molecule is CC/C=C/C/C=C/C/C=C/CCCCCCCCCCCCCCCC(=O)OCC(COCCC(C(=O)O)[N+](C)(C)C)OC(=O)CCCCCCCCCCCC/C=C/C=C/CCCCCC. The standard InChI is InChI=1S/C59H105NO7/c1-6-8-10-12-14-16-18-20-22-24-26-28-29-30-32-33-35-37-39-41-43-45-47-49-57(61)66-54-55(53-65-52-51-56(59(63)64)60(3,4)5)67-58(62)50-48-46-44-42-40-38-36-34-31-27-25-23-21-19-17-15-13-11-9-7-2/h8,10,14,16-17,19-23,55-56H,6-7,9,11-13,15,18,24-54H2,1-5H3/p+1/b10-8+,16-14+,19-17+,22-20+,23-21+. The fourth-order valence-corrected chi connectivity index (χ4v) is 8.16. The quantitative estimate of drug-likeness (QED) is 0.0213. The Balaban J connectivity index is 4.18. The first-order valence-corrected chi connectivity index (χ1v) is 27.8. The fraction of sp³-hybridized carbons (Fsp3) is 0.780. The maximum absolute atomic E-state index is 12.8. The molecule has 0 amide bonds. The number of nitrogens with zero attached hydrogens (tertiary/aromatic N) is 1. The molecule has 0 aliphatic carbocycles. The predicted octanol–water partition coefficient (Wildman–Crippen LogP) is 16.5. The van der Waals surface area contributed by atoms with E-state index in [0.717, 1.165) is 57.8 Å². The first-order valence-electron chi connectivity index (χ1n) is 27.8. The summed E-state index contributed by atoms with van der Waals surface area (Å²) in [6.07, 6.45) is 62.7. The van der Waals surface area contributed by atoms with Crippen molar-refractivity contribution >= 4 is 17.9 Å². The van der Waals surface area contributed by atoms with Gasteiger partial charge in [-0.05, 0) is 70.6 Å². The van der Waals surface area contributed by atoms with Crippen molar-refractivity contribution in [2.45, 2.75) is 257 Å². The number of carboxylic acid groups (broad SMARTS) is 1. The molecule has 0 aromatic rings. The summed E-state index contributed by atoms with van der Waals surface area (Å²) >= 11 is 0. The van der Waals surface area contributed by atoms with E-state index in [1.54, 1.807) is 0 Å². The molecule has 0 aliphatic rings. The summed E-state index contributed by atoms with van der Waals surface area (Å²) in [5, 5.41) is 9.67. The van der Waals surface area contributed by atoms with E-state index in [9.17, 15) is 19.5 Å². The van der Waals surface area contributed by atoms with E-state index in [-0.39, 0.29) is 36.2 Å². The molecule has 0 radical (unpaired) electrons. The van der Waals surface area contributed by atoms with Gasteiger partial charge in [0, 0.05) is 19.3 Å². The normalized spacial score (nSPS) is 13.3. The molecule has 67 heavy (non-hydrogen) atoms. The molecule has 8 nitrogen and oxygen atoms in total. The number of aliphatic carboxylic acids is 1. The Morgan fingerprint density at radius 2 is 0.881 bits per heavy atom. The molecule has 0 aromatic carbocycles. The Morgan fingerprint density at radius 1 is 0.478 bits per heavy atom. The topological polar surface area (TPSA) is 99.1 Å². The first kappa shape index (κ1) is 64.0. The smallest absolute Gasteiger partial charge is 0.362 e. The Morgan fingerprint density at radius 3 is 1.33 bits per heavy atom. The molecule has 2 unspecified atom stereocenters. The van der Waals surface area contributed by atoms with Gasteiger partial charge < -0.3 is 23.8 Å². The van der Waals surface area contributed by atoms with E-state index in [1.165, 1.54) is 154 Å². The van der Waals surface area contributed by atoms with Crippen molar-refractivity contribution in [1.82, 2.24) is 0 Å². The number of carbonyl (C=O) groups excluding carboxylic acids is 2. The minimum Gasteiger partial charge on any atom is -0.477 e. The lowest BCUT2D eigenvalue weighted by Gasteiger charge is -2.31. The van der Waals surface area contributed by atoms with Crippen molar-refractivity contribution in [3.63, 3.8) is 0 Å². The lowest BCUT2D eigenvalue weighted by molar-refractivity contribution is -0.887. The molecule has 0 saturated heterocycles. The van der Waals surface area contributed by atoms with Crippen LogP contribution in [0, 0.1) is 0 Å². The van der Waals surface area contributed by atoms with Crippen molar-refractivity contribution in [2.75, 3.05) is 41.0 Å². The van der Waals surface area contributed by atoms with Gasteiger partial charge in [0.1, 0.15) is 6.61 Å². The zero-order chi connectivity index (χ0) is 49.2. The molecule has 0 fully saturated rings. The van der Waals surface area contributed by atoms with Crippen LogP contribution in [-0.4, -0.2) is 80.6 Å². The molecular weight excluding hydrogens is 835 g/mol. The van der Waals surface area contributed by atoms with E-state index in [4.69, 9.17) is 14.2 Å². The minimum absolute atomic E-state index is 0.0529. The van der Waals surface area contributed by atoms with Gasteiger partial charge in [-0.15, -0.1) is 0 Å². The van der Waals surface area contributed by atoms with Crippen LogP contribution in [0.5, 0.6) is 0 Å². The molecule has 0 heterocycles. The highest BCUT2D eigenvalue weighted by molar-refractivity contribution is 5.72. The third-order valence-electron chi connectivity index (χ3n) is 12.4. The van der Waals surface area contributed by atoms with E-state index in [0.29, 0.717) is 19.3 Å². The van der Waals surface area contributed by atoms with Gasteiger partial charge in [0.25, 0.3) is 0 Å². The molecule has 0 spiro atoms. The molecule has 0 bridgehead atoms. The fourth-order valence-electron chi connectivity index (χ4n) is 8.16. The largest absolute Gasteiger partial charge is 0.477 e. The third-order valence-corrected chi connectivity index (χ3v) is 12.4. The van der Waals surface area contributed by atoms with Crippen LogP contribution in [0.25, 0.3) is 0 Å². The Kier molecular flexibility index (Phi) is 47.3. The van der Waals surface area contributed by atoms with E-state index >= 15 is 0 Å². The highest BCUT2D eigenvalue weighted by Gasteiger charge is 2.31. The van der Waals surface area contributed by atoms with Gasteiger partial charge in [-0.25, -0.2) is 4.79 Å². The second-order valence-corrected chi connectivity index (χ2v) is 19.8. The zero-order valence-electron chi connectivity index (χ0n) is 44.3. The summed E-state index contributed by atoms with van der Waals surface area (Å²) in [6.45, 7) is 4.63. The van der Waals surface area contributed by atoms with Crippen molar-refractivity contribution in [2.24, 2.45) is 0 Å². The van der Waals surface area contributed by atoms with Crippen molar-refractivity contribution in [3.8, 4) is 0 Å². The Labute approximate surface area is 413 Å². The number of quaternary nitrogens is 1.